The standard InChI is InChI=1S/C25H30N6O2/c1-16-22-19(24(32)28-21(25(2,3)4)15-31-12-8-11-26-31)14-20(27-23(22)30(5)29-16)17-9-7-10-18(13-17)33-6/h7-14,21H,15H2,1-6H3,(H,28,32). The van der Waals surface area contributed by atoms with Crippen LogP contribution in [0.1, 0.15) is 36.8 Å². The van der Waals surface area contributed by atoms with Crippen molar-refractivity contribution >= 4 is 16.9 Å². The molecule has 4 rings (SSSR count). The summed E-state index contributed by atoms with van der Waals surface area (Å²) in [7, 11) is 3.47. The van der Waals surface area contributed by atoms with Gasteiger partial charge < -0.3 is 10.1 Å². The fourth-order valence-electron chi connectivity index (χ4n) is 3.92. The second kappa shape index (κ2) is 8.69. The summed E-state index contributed by atoms with van der Waals surface area (Å²) in [5, 5.41) is 12.9. The molecule has 0 aliphatic carbocycles. The molecular formula is C25H30N6O2. The number of aryl methyl sites for hydroxylation is 2. The zero-order valence-corrected chi connectivity index (χ0v) is 20.0. The average molecular weight is 447 g/mol. The van der Waals surface area contributed by atoms with Crippen molar-refractivity contribution in [2.24, 2.45) is 12.5 Å². The van der Waals surface area contributed by atoms with Crippen LogP contribution >= 0.6 is 0 Å². The molecule has 3 heterocycles. The largest absolute Gasteiger partial charge is 0.497 e. The van der Waals surface area contributed by atoms with E-state index in [0.717, 1.165) is 22.4 Å². The minimum Gasteiger partial charge on any atom is -0.497 e. The fraction of sp³-hybridized carbons (Fsp3) is 0.360. The predicted octanol–water partition coefficient (Wildman–Crippen LogP) is 3.99. The summed E-state index contributed by atoms with van der Waals surface area (Å²) in [4.78, 5) is 18.5. The molecule has 1 N–H and O–H groups in total. The number of hydrogen-bond donors (Lipinski definition) is 1. The van der Waals surface area contributed by atoms with Crippen LogP contribution in [0.2, 0.25) is 0 Å². The third-order valence-corrected chi connectivity index (χ3v) is 5.86. The Kier molecular flexibility index (Phi) is 5.93. The minimum absolute atomic E-state index is 0.134. The van der Waals surface area contributed by atoms with Crippen molar-refractivity contribution in [2.75, 3.05) is 7.11 Å². The van der Waals surface area contributed by atoms with Gasteiger partial charge in [0.15, 0.2) is 5.65 Å². The summed E-state index contributed by atoms with van der Waals surface area (Å²) < 4.78 is 8.94. The third kappa shape index (κ3) is 4.60. The van der Waals surface area contributed by atoms with Gasteiger partial charge in [0.1, 0.15) is 5.75 Å². The highest BCUT2D eigenvalue weighted by molar-refractivity contribution is 6.07. The molecule has 0 saturated carbocycles. The van der Waals surface area contributed by atoms with Crippen molar-refractivity contribution < 1.29 is 9.53 Å². The molecule has 1 amide bonds. The molecule has 172 valence electrons. The van der Waals surface area contributed by atoms with Crippen molar-refractivity contribution in [3.8, 4) is 17.0 Å². The van der Waals surface area contributed by atoms with Crippen molar-refractivity contribution in [1.29, 1.82) is 0 Å². The number of nitrogens with one attached hydrogen (secondary N) is 1. The third-order valence-electron chi connectivity index (χ3n) is 5.86. The van der Waals surface area contributed by atoms with E-state index in [2.05, 4.69) is 36.3 Å². The number of methoxy groups -OCH3 is 1. The van der Waals surface area contributed by atoms with Crippen molar-refractivity contribution in [3.63, 3.8) is 0 Å². The highest BCUT2D eigenvalue weighted by Gasteiger charge is 2.29. The van der Waals surface area contributed by atoms with E-state index in [-0.39, 0.29) is 17.4 Å². The van der Waals surface area contributed by atoms with Gasteiger partial charge in [-0.25, -0.2) is 4.98 Å². The Morgan fingerprint density at radius 3 is 2.67 bits per heavy atom. The predicted molar refractivity (Wildman–Crippen MR) is 128 cm³/mol. The van der Waals surface area contributed by atoms with E-state index < -0.39 is 0 Å². The second-order valence-electron chi connectivity index (χ2n) is 9.31. The number of carbonyl (C=O) groups is 1. The highest BCUT2D eigenvalue weighted by Crippen LogP contribution is 2.29. The van der Waals surface area contributed by atoms with Gasteiger partial charge in [-0.05, 0) is 36.6 Å². The Morgan fingerprint density at radius 1 is 1.21 bits per heavy atom. The maximum absolute atomic E-state index is 13.7. The smallest absolute Gasteiger partial charge is 0.252 e. The van der Waals surface area contributed by atoms with Crippen LogP contribution in [-0.2, 0) is 13.6 Å². The van der Waals surface area contributed by atoms with E-state index in [1.165, 1.54) is 0 Å². The lowest BCUT2D eigenvalue weighted by atomic mass is 9.86. The van der Waals surface area contributed by atoms with E-state index >= 15 is 0 Å². The van der Waals surface area contributed by atoms with Crippen molar-refractivity contribution in [1.82, 2.24) is 29.9 Å². The first-order valence-corrected chi connectivity index (χ1v) is 10.9. The van der Waals surface area contributed by atoms with Crippen LogP contribution in [0.5, 0.6) is 5.75 Å². The zero-order chi connectivity index (χ0) is 23.8. The van der Waals surface area contributed by atoms with E-state index in [9.17, 15) is 4.79 Å². The quantitative estimate of drug-likeness (QED) is 0.484. The molecule has 0 spiro atoms. The van der Waals surface area contributed by atoms with E-state index in [1.54, 1.807) is 18.0 Å². The summed E-state index contributed by atoms with van der Waals surface area (Å²) >= 11 is 0. The Bertz CT molecular complexity index is 1280. The van der Waals surface area contributed by atoms with Crippen LogP contribution in [0.15, 0.2) is 48.8 Å². The van der Waals surface area contributed by atoms with Gasteiger partial charge in [0.25, 0.3) is 5.91 Å². The molecule has 0 radical (unpaired) electrons. The Hall–Kier alpha value is -3.68. The second-order valence-corrected chi connectivity index (χ2v) is 9.31. The Morgan fingerprint density at radius 2 is 2.00 bits per heavy atom. The molecule has 1 atom stereocenters. The van der Waals surface area contributed by atoms with Crippen LogP contribution < -0.4 is 10.1 Å². The number of hydrogen-bond acceptors (Lipinski definition) is 5. The first kappa shape index (κ1) is 22.5. The van der Waals surface area contributed by atoms with Gasteiger partial charge in [-0.2, -0.15) is 10.2 Å². The summed E-state index contributed by atoms with van der Waals surface area (Å²) in [5.74, 6) is 0.573. The van der Waals surface area contributed by atoms with E-state index in [1.807, 2.05) is 61.2 Å². The molecule has 1 unspecified atom stereocenters. The number of ether oxygens (including phenoxy) is 1. The molecule has 0 aliphatic heterocycles. The van der Waals surface area contributed by atoms with Gasteiger partial charge in [0.2, 0.25) is 0 Å². The van der Waals surface area contributed by atoms with E-state index in [0.29, 0.717) is 23.4 Å². The van der Waals surface area contributed by atoms with Crippen molar-refractivity contribution in [2.45, 2.75) is 40.3 Å². The van der Waals surface area contributed by atoms with Crippen LogP contribution in [0, 0.1) is 12.3 Å². The van der Waals surface area contributed by atoms with Gasteiger partial charge in [-0.3, -0.25) is 14.2 Å². The molecule has 8 nitrogen and oxygen atoms in total. The SMILES string of the molecule is COc1cccc(-c2cc(C(=O)NC(Cn3cccn3)C(C)(C)C)c3c(C)nn(C)c3n2)c1. The summed E-state index contributed by atoms with van der Waals surface area (Å²) in [6.07, 6.45) is 3.65. The van der Waals surface area contributed by atoms with Gasteiger partial charge in [-0.15, -0.1) is 0 Å². The molecular weight excluding hydrogens is 416 g/mol. The number of pyridine rings is 1. The monoisotopic (exact) mass is 446 g/mol. The number of nitrogens with zero attached hydrogens (tertiary/aromatic N) is 5. The number of rotatable bonds is 6. The Labute approximate surface area is 193 Å². The number of fused-ring (bicyclic) bond motifs is 1. The van der Waals surface area contributed by atoms with Gasteiger partial charge in [-0.1, -0.05) is 32.9 Å². The van der Waals surface area contributed by atoms with Crippen LogP contribution in [-0.4, -0.2) is 43.6 Å². The lowest BCUT2D eigenvalue weighted by molar-refractivity contribution is 0.0892. The average Bonchev–Trinajstić information content (AvgIpc) is 3.39. The molecule has 0 bridgehead atoms. The van der Waals surface area contributed by atoms with Crippen molar-refractivity contribution in [3.05, 3.63) is 60.0 Å². The lowest BCUT2D eigenvalue weighted by Gasteiger charge is -2.31. The first-order valence-electron chi connectivity index (χ1n) is 10.9. The maximum Gasteiger partial charge on any atom is 0.252 e. The zero-order valence-electron chi connectivity index (χ0n) is 20.0. The Balaban J connectivity index is 1.78. The summed E-state index contributed by atoms with van der Waals surface area (Å²) in [6, 6.07) is 11.3. The van der Waals surface area contributed by atoms with Crippen LogP contribution in [0.4, 0.5) is 0 Å². The van der Waals surface area contributed by atoms with Gasteiger partial charge in [0.05, 0.1) is 42.0 Å². The number of benzene rings is 1. The maximum atomic E-state index is 13.7. The topological polar surface area (TPSA) is 86.9 Å². The molecule has 0 fully saturated rings. The molecule has 33 heavy (non-hydrogen) atoms. The fourth-order valence-corrected chi connectivity index (χ4v) is 3.92. The summed E-state index contributed by atoms with van der Waals surface area (Å²) in [6.45, 7) is 8.81. The summed E-state index contributed by atoms with van der Waals surface area (Å²) in [5.41, 5.74) is 3.37. The normalized spacial score (nSPS) is 12.7. The highest BCUT2D eigenvalue weighted by atomic mass is 16.5. The number of aromatic nitrogens is 5. The van der Waals surface area contributed by atoms with Gasteiger partial charge in [0, 0.05) is 25.0 Å². The molecule has 3 aromatic heterocycles. The molecule has 4 aromatic rings. The van der Waals surface area contributed by atoms with E-state index in [4.69, 9.17) is 9.72 Å². The molecule has 8 heteroatoms. The minimum atomic E-state index is -0.173. The van der Waals surface area contributed by atoms with Crippen LogP contribution in [0.25, 0.3) is 22.3 Å². The number of amides is 1. The lowest BCUT2D eigenvalue weighted by Crippen LogP contribution is -2.46. The molecule has 1 aromatic carbocycles. The molecule has 0 aliphatic rings. The van der Waals surface area contributed by atoms with Crippen LogP contribution in [0.3, 0.4) is 0 Å². The number of carbonyl (C=O) groups excluding carboxylic acids is 1. The first-order chi connectivity index (χ1) is 15.7. The van der Waals surface area contributed by atoms with Gasteiger partial charge >= 0.3 is 0 Å². The molecule has 0 saturated heterocycles.